The summed E-state index contributed by atoms with van der Waals surface area (Å²) < 4.78 is 5.65. The third kappa shape index (κ3) is 3.59. The molecule has 0 saturated heterocycles. The van der Waals surface area contributed by atoms with Crippen molar-refractivity contribution in [1.82, 2.24) is 5.32 Å². The van der Waals surface area contributed by atoms with Crippen LogP contribution in [0.5, 0.6) is 5.75 Å². The summed E-state index contributed by atoms with van der Waals surface area (Å²) in [7, 11) is 0. The Bertz CT molecular complexity index is 553. The van der Waals surface area contributed by atoms with Gasteiger partial charge in [-0.1, -0.05) is 26.0 Å². The third-order valence-electron chi connectivity index (χ3n) is 4.17. The fourth-order valence-electron chi connectivity index (χ4n) is 2.45. The van der Waals surface area contributed by atoms with Crippen molar-refractivity contribution in [2.24, 2.45) is 11.3 Å². The Morgan fingerprint density at radius 3 is 2.41 bits per heavy atom. The van der Waals surface area contributed by atoms with Crippen LogP contribution in [0.1, 0.15) is 51.6 Å². The van der Waals surface area contributed by atoms with Gasteiger partial charge in [-0.3, -0.25) is 4.79 Å². The maximum atomic E-state index is 12.2. The molecule has 0 radical (unpaired) electrons. The summed E-state index contributed by atoms with van der Waals surface area (Å²) in [6.07, 6.45) is 2.30. The van der Waals surface area contributed by atoms with E-state index >= 15 is 0 Å². The van der Waals surface area contributed by atoms with Crippen LogP contribution in [0.2, 0.25) is 0 Å². The number of carbonyl (C=O) groups is 1. The van der Waals surface area contributed by atoms with Crippen LogP contribution in [0.25, 0.3) is 0 Å². The zero-order chi connectivity index (χ0) is 16.2. The molecule has 22 heavy (non-hydrogen) atoms. The Morgan fingerprint density at radius 2 is 1.95 bits per heavy atom. The lowest BCUT2D eigenvalue weighted by molar-refractivity contribution is -0.132. The lowest BCUT2D eigenvalue weighted by atomic mass is 9.69. The number of ether oxygens (including phenoxy) is 1. The predicted octanol–water partition coefficient (Wildman–Crippen LogP) is 3.59. The van der Waals surface area contributed by atoms with Crippen LogP contribution in [-0.4, -0.2) is 12.5 Å². The van der Waals surface area contributed by atoms with Crippen molar-refractivity contribution in [3.63, 3.8) is 0 Å². The molecule has 4 nitrogen and oxygen atoms in total. The standard InChI is InChI=1S/C18H24N2O2/c1-13(2)11-22-16-7-5-15(6-8-16)14(3)20-17(21)18(12-19)9-4-10-18/h5-8,13-14H,4,9-11H2,1-3H3,(H,20,21). The first-order valence-electron chi connectivity index (χ1n) is 7.92. The maximum absolute atomic E-state index is 12.2. The second-order valence-corrected chi connectivity index (χ2v) is 6.52. The molecule has 118 valence electrons. The lowest BCUT2D eigenvalue weighted by Gasteiger charge is -2.34. The Hall–Kier alpha value is -2.02. The van der Waals surface area contributed by atoms with E-state index < -0.39 is 5.41 Å². The molecule has 0 bridgehead atoms. The molecule has 0 aromatic heterocycles. The monoisotopic (exact) mass is 300 g/mol. The van der Waals surface area contributed by atoms with E-state index in [-0.39, 0.29) is 11.9 Å². The summed E-state index contributed by atoms with van der Waals surface area (Å²) in [5, 5.41) is 12.2. The van der Waals surface area contributed by atoms with Gasteiger partial charge in [0.1, 0.15) is 11.2 Å². The molecule has 1 aromatic carbocycles. The van der Waals surface area contributed by atoms with Gasteiger partial charge in [0.25, 0.3) is 0 Å². The van der Waals surface area contributed by atoms with Gasteiger partial charge in [0, 0.05) is 0 Å². The van der Waals surface area contributed by atoms with Crippen LogP contribution >= 0.6 is 0 Å². The Balaban J connectivity index is 1.94. The SMILES string of the molecule is CC(C)COc1ccc(C(C)NC(=O)C2(C#N)CCC2)cc1. The number of nitriles is 1. The molecule has 1 N–H and O–H groups in total. The van der Waals surface area contributed by atoms with Crippen LogP contribution in [-0.2, 0) is 4.79 Å². The molecule has 4 heteroatoms. The number of amides is 1. The summed E-state index contributed by atoms with van der Waals surface area (Å²) >= 11 is 0. The summed E-state index contributed by atoms with van der Waals surface area (Å²) in [4.78, 5) is 12.2. The van der Waals surface area contributed by atoms with E-state index in [0.29, 0.717) is 25.4 Å². The van der Waals surface area contributed by atoms with E-state index in [4.69, 9.17) is 4.74 Å². The van der Waals surface area contributed by atoms with Crippen molar-refractivity contribution < 1.29 is 9.53 Å². The minimum Gasteiger partial charge on any atom is -0.493 e. The zero-order valence-corrected chi connectivity index (χ0v) is 13.6. The topological polar surface area (TPSA) is 62.1 Å². The first kappa shape index (κ1) is 16.4. The summed E-state index contributed by atoms with van der Waals surface area (Å²) in [5.41, 5.74) is 0.215. The number of hydrogen-bond acceptors (Lipinski definition) is 3. The minimum absolute atomic E-state index is 0.113. The highest BCUT2D eigenvalue weighted by Crippen LogP contribution is 2.40. The van der Waals surface area contributed by atoms with Crippen molar-refractivity contribution >= 4 is 5.91 Å². The van der Waals surface area contributed by atoms with Gasteiger partial charge in [-0.2, -0.15) is 5.26 Å². The van der Waals surface area contributed by atoms with Gasteiger partial charge in [-0.15, -0.1) is 0 Å². The first-order chi connectivity index (χ1) is 10.5. The van der Waals surface area contributed by atoms with Gasteiger partial charge in [0.05, 0.1) is 18.7 Å². The molecular weight excluding hydrogens is 276 g/mol. The molecule has 1 aromatic rings. The first-order valence-corrected chi connectivity index (χ1v) is 7.92. The lowest BCUT2D eigenvalue weighted by Crippen LogP contribution is -2.45. The highest BCUT2D eigenvalue weighted by molar-refractivity contribution is 5.86. The molecular formula is C18H24N2O2. The molecule has 1 unspecified atom stereocenters. The van der Waals surface area contributed by atoms with Crippen LogP contribution < -0.4 is 10.1 Å². The fraction of sp³-hybridized carbons (Fsp3) is 0.556. The number of hydrogen-bond donors (Lipinski definition) is 1. The number of rotatable bonds is 6. The Morgan fingerprint density at radius 1 is 1.32 bits per heavy atom. The highest BCUT2D eigenvalue weighted by atomic mass is 16.5. The van der Waals surface area contributed by atoms with Gasteiger partial charge < -0.3 is 10.1 Å². The van der Waals surface area contributed by atoms with Crippen molar-refractivity contribution in [2.75, 3.05) is 6.61 Å². The van der Waals surface area contributed by atoms with Crippen molar-refractivity contribution in [1.29, 1.82) is 5.26 Å². The number of nitrogens with one attached hydrogen (secondary N) is 1. The molecule has 1 aliphatic carbocycles. The second kappa shape index (κ2) is 6.83. The van der Waals surface area contributed by atoms with Crippen molar-refractivity contribution in [2.45, 2.75) is 46.1 Å². The van der Waals surface area contributed by atoms with E-state index in [1.54, 1.807) is 0 Å². The zero-order valence-electron chi connectivity index (χ0n) is 13.6. The number of benzene rings is 1. The number of nitrogens with zero attached hydrogens (tertiary/aromatic N) is 1. The molecule has 2 rings (SSSR count). The fourth-order valence-corrected chi connectivity index (χ4v) is 2.45. The maximum Gasteiger partial charge on any atom is 0.240 e. The second-order valence-electron chi connectivity index (χ2n) is 6.52. The highest BCUT2D eigenvalue weighted by Gasteiger charge is 2.44. The van der Waals surface area contributed by atoms with Crippen LogP contribution in [0, 0.1) is 22.7 Å². The molecule has 0 heterocycles. The summed E-state index contributed by atoms with van der Waals surface area (Å²) in [6.45, 7) is 6.84. The Kier molecular flexibility index (Phi) is 5.07. The van der Waals surface area contributed by atoms with E-state index in [9.17, 15) is 10.1 Å². The number of carbonyl (C=O) groups excluding carboxylic acids is 1. The van der Waals surface area contributed by atoms with Gasteiger partial charge in [0.2, 0.25) is 5.91 Å². The quantitative estimate of drug-likeness (QED) is 0.873. The molecule has 0 aliphatic heterocycles. The third-order valence-corrected chi connectivity index (χ3v) is 4.17. The molecule has 0 spiro atoms. The molecule has 1 amide bonds. The van der Waals surface area contributed by atoms with Gasteiger partial charge in [-0.05, 0) is 49.8 Å². The van der Waals surface area contributed by atoms with E-state index in [1.165, 1.54) is 0 Å². The van der Waals surface area contributed by atoms with Gasteiger partial charge >= 0.3 is 0 Å². The Labute approximate surface area is 132 Å². The smallest absolute Gasteiger partial charge is 0.240 e. The summed E-state index contributed by atoms with van der Waals surface area (Å²) in [6, 6.07) is 9.82. The van der Waals surface area contributed by atoms with Crippen molar-refractivity contribution in [3.8, 4) is 11.8 Å². The average Bonchev–Trinajstić information content (AvgIpc) is 2.45. The summed E-state index contributed by atoms with van der Waals surface area (Å²) in [5.74, 6) is 1.18. The normalized spacial score (nSPS) is 17.2. The molecule has 1 atom stereocenters. The molecule has 1 saturated carbocycles. The van der Waals surface area contributed by atoms with Crippen LogP contribution in [0.15, 0.2) is 24.3 Å². The minimum atomic E-state index is -0.797. The predicted molar refractivity (Wildman–Crippen MR) is 85.2 cm³/mol. The largest absolute Gasteiger partial charge is 0.493 e. The average molecular weight is 300 g/mol. The molecule has 1 aliphatic rings. The van der Waals surface area contributed by atoms with Crippen LogP contribution in [0.4, 0.5) is 0 Å². The van der Waals surface area contributed by atoms with Crippen molar-refractivity contribution in [3.05, 3.63) is 29.8 Å². The van der Waals surface area contributed by atoms with E-state index in [2.05, 4.69) is 25.2 Å². The van der Waals surface area contributed by atoms with Gasteiger partial charge in [-0.25, -0.2) is 0 Å². The van der Waals surface area contributed by atoms with E-state index in [1.807, 2.05) is 31.2 Å². The molecule has 1 fully saturated rings. The van der Waals surface area contributed by atoms with Gasteiger partial charge in [0.15, 0.2) is 0 Å². The van der Waals surface area contributed by atoms with Crippen LogP contribution in [0.3, 0.4) is 0 Å². The van der Waals surface area contributed by atoms with E-state index in [0.717, 1.165) is 17.7 Å².